The molecule has 0 aliphatic carbocycles. The largest absolute Gasteiger partial charge is 0.496 e. The van der Waals surface area contributed by atoms with E-state index in [4.69, 9.17) is 4.74 Å². The van der Waals surface area contributed by atoms with Crippen LogP contribution < -0.4 is 4.74 Å². The van der Waals surface area contributed by atoms with Crippen LogP contribution >= 0.6 is 0 Å². The lowest BCUT2D eigenvalue weighted by Gasteiger charge is -2.11. The van der Waals surface area contributed by atoms with Crippen molar-refractivity contribution in [1.82, 2.24) is 0 Å². The summed E-state index contributed by atoms with van der Waals surface area (Å²) < 4.78 is 5.25. The average molecular weight is 365 g/mol. The molecule has 0 fully saturated rings. The Morgan fingerprint density at radius 2 is 1.81 bits per heavy atom. The lowest BCUT2D eigenvalue weighted by molar-refractivity contribution is -0.121. The van der Waals surface area contributed by atoms with Crippen molar-refractivity contribution in [3.8, 4) is 5.75 Å². The number of unbranched alkanes of at least 4 members (excludes halogenated alkanes) is 6. The van der Waals surface area contributed by atoms with Crippen LogP contribution in [-0.4, -0.2) is 29.2 Å². The van der Waals surface area contributed by atoms with Gasteiger partial charge in [0.05, 0.1) is 19.8 Å². The summed E-state index contributed by atoms with van der Waals surface area (Å²) >= 11 is 0. The molecule has 4 heteroatoms. The van der Waals surface area contributed by atoms with E-state index in [0.717, 1.165) is 30.4 Å². The quantitative estimate of drug-likeness (QED) is 0.447. The summed E-state index contributed by atoms with van der Waals surface area (Å²) in [5, 5.41) is 19.3. The zero-order chi connectivity index (χ0) is 19.2. The third-order valence-electron chi connectivity index (χ3n) is 4.82. The molecule has 1 aromatic rings. The number of aliphatic hydroxyl groups excluding tert-OH is 2. The van der Waals surface area contributed by atoms with Gasteiger partial charge in [-0.25, -0.2) is 0 Å². The monoisotopic (exact) mass is 364 g/mol. The number of aryl methyl sites for hydroxylation is 1. The topological polar surface area (TPSA) is 66.8 Å². The first-order valence-corrected chi connectivity index (χ1v) is 10.1. The summed E-state index contributed by atoms with van der Waals surface area (Å²) in [6.07, 6.45) is 10.1. The van der Waals surface area contributed by atoms with E-state index in [1.165, 1.54) is 32.1 Å². The van der Waals surface area contributed by atoms with Crippen molar-refractivity contribution in [3.63, 3.8) is 0 Å². The number of benzene rings is 1. The van der Waals surface area contributed by atoms with Crippen molar-refractivity contribution in [1.29, 1.82) is 0 Å². The van der Waals surface area contributed by atoms with Crippen LogP contribution in [0.3, 0.4) is 0 Å². The highest BCUT2D eigenvalue weighted by Gasteiger charge is 2.11. The standard InChI is InChI=1S/C22H36O4/c1-3-4-5-6-7-8-9-10-20(24)16-21(25)14-12-18-11-13-19(17-23)22(15-18)26-2/h11,13,15,20,23-24H,3-10,12,14,16-17H2,1-2H3. The van der Waals surface area contributed by atoms with Gasteiger partial charge in [-0.05, 0) is 24.5 Å². The molecule has 0 radical (unpaired) electrons. The minimum Gasteiger partial charge on any atom is -0.496 e. The molecule has 0 spiro atoms. The third-order valence-corrected chi connectivity index (χ3v) is 4.82. The normalized spacial score (nSPS) is 12.2. The second-order valence-corrected chi connectivity index (χ2v) is 7.11. The fraction of sp³-hybridized carbons (Fsp3) is 0.682. The van der Waals surface area contributed by atoms with Gasteiger partial charge in [-0.1, -0.05) is 64.0 Å². The highest BCUT2D eigenvalue weighted by atomic mass is 16.5. The summed E-state index contributed by atoms with van der Waals surface area (Å²) in [6, 6.07) is 5.61. The van der Waals surface area contributed by atoms with Crippen LogP contribution in [0.2, 0.25) is 0 Å². The Morgan fingerprint density at radius 3 is 2.46 bits per heavy atom. The molecule has 0 amide bonds. The molecule has 0 bridgehead atoms. The molecule has 1 aromatic carbocycles. The summed E-state index contributed by atoms with van der Waals surface area (Å²) in [4.78, 5) is 12.1. The molecular formula is C22H36O4. The number of rotatable bonds is 15. The predicted octanol–water partition coefficient (Wildman–Crippen LogP) is 4.58. The lowest BCUT2D eigenvalue weighted by Crippen LogP contribution is -2.14. The van der Waals surface area contributed by atoms with Gasteiger partial charge < -0.3 is 14.9 Å². The average Bonchev–Trinajstić information content (AvgIpc) is 2.65. The van der Waals surface area contributed by atoms with Gasteiger partial charge in [-0.2, -0.15) is 0 Å². The van der Waals surface area contributed by atoms with Gasteiger partial charge in [0.2, 0.25) is 0 Å². The molecule has 0 heterocycles. The van der Waals surface area contributed by atoms with Crippen LogP contribution in [0, 0.1) is 0 Å². The van der Waals surface area contributed by atoms with E-state index in [1.54, 1.807) is 7.11 Å². The van der Waals surface area contributed by atoms with E-state index in [-0.39, 0.29) is 18.8 Å². The maximum atomic E-state index is 12.1. The van der Waals surface area contributed by atoms with Crippen molar-refractivity contribution in [2.45, 2.75) is 90.3 Å². The Balaban J connectivity index is 2.21. The van der Waals surface area contributed by atoms with Crippen LogP contribution in [0.4, 0.5) is 0 Å². The zero-order valence-electron chi connectivity index (χ0n) is 16.5. The van der Waals surface area contributed by atoms with Crippen LogP contribution in [0.25, 0.3) is 0 Å². The van der Waals surface area contributed by atoms with Crippen LogP contribution in [0.15, 0.2) is 18.2 Å². The first-order valence-electron chi connectivity index (χ1n) is 10.1. The summed E-state index contributed by atoms with van der Waals surface area (Å²) in [6.45, 7) is 2.15. The Hall–Kier alpha value is -1.39. The van der Waals surface area contributed by atoms with Crippen molar-refractivity contribution in [2.24, 2.45) is 0 Å². The Morgan fingerprint density at radius 1 is 1.12 bits per heavy atom. The molecule has 148 valence electrons. The minimum atomic E-state index is -0.510. The van der Waals surface area contributed by atoms with E-state index in [9.17, 15) is 15.0 Å². The maximum Gasteiger partial charge on any atom is 0.135 e. The van der Waals surface area contributed by atoms with Crippen molar-refractivity contribution >= 4 is 5.78 Å². The zero-order valence-corrected chi connectivity index (χ0v) is 16.5. The molecule has 1 unspecified atom stereocenters. The van der Waals surface area contributed by atoms with Gasteiger partial charge in [0, 0.05) is 18.4 Å². The number of carbonyl (C=O) groups is 1. The minimum absolute atomic E-state index is 0.0623. The lowest BCUT2D eigenvalue weighted by atomic mass is 10.00. The van der Waals surface area contributed by atoms with E-state index in [0.29, 0.717) is 18.6 Å². The number of hydrogen-bond acceptors (Lipinski definition) is 4. The summed E-state index contributed by atoms with van der Waals surface area (Å²) in [5.74, 6) is 0.752. The Kier molecular flexibility index (Phi) is 12.0. The third kappa shape index (κ3) is 9.35. The number of methoxy groups -OCH3 is 1. The van der Waals surface area contributed by atoms with E-state index in [1.807, 2.05) is 18.2 Å². The number of Topliss-reactive ketones (excluding diaryl/α,β-unsaturated/α-hetero) is 1. The number of aliphatic hydroxyl groups is 2. The molecule has 2 N–H and O–H groups in total. The second kappa shape index (κ2) is 13.8. The first-order chi connectivity index (χ1) is 12.6. The van der Waals surface area contributed by atoms with Crippen LogP contribution in [0.1, 0.15) is 82.3 Å². The molecule has 0 aromatic heterocycles. The van der Waals surface area contributed by atoms with Crippen LogP contribution in [0.5, 0.6) is 5.75 Å². The van der Waals surface area contributed by atoms with Gasteiger partial charge in [-0.3, -0.25) is 4.79 Å². The van der Waals surface area contributed by atoms with E-state index < -0.39 is 6.10 Å². The van der Waals surface area contributed by atoms with E-state index in [2.05, 4.69) is 6.92 Å². The number of carbonyl (C=O) groups excluding carboxylic acids is 1. The predicted molar refractivity (Wildman–Crippen MR) is 105 cm³/mol. The van der Waals surface area contributed by atoms with Gasteiger partial charge in [0.25, 0.3) is 0 Å². The van der Waals surface area contributed by atoms with E-state index >= 15 is 0 Å². The van der Waals surface area contributed by atoms with Crippen LogP contribution in [-0.2, 0) is 17.8 Å². The fourth-order valence-electron chi connectivity index (χ4n) is 3.16. The van der Waals surface area contributed by atoms with Gasteiger partial charge in [-0.15, -0.1) is 0 Å². The van der Waals surface area contributed by atoms with Crippen molar-refractivity contribution in [3.05, 3.63) is 29.3 Å². The Labute approximate surface area is 158 Å². The fourth-order valence-corrected chi connectivity index (χ4v) is 3.16. The second-order valence-electron chi connectivity index (χ2n) is 7.11. The SMILES string of the molecule is CCCCCCCCCC(O)CC(=O)CCc1ccc(CO)c(OC)c1. The highest BCUT2D eigenvalue weighted by molar-refractivity contribution is 5.79. The molecule has 0 aliphatic rings. The molecule has 0 aliphatic heterocycles. The molecule has 4 nitrogen and oxygen atoms in total. The summed E-state index contributed by atoms with van der Waals surface area (Å²) in [5.41, 5.74) is 1.75. The maximum absolute atomic E-state index is 12.1. The number of hydrogen-bond donors (Lipinski definition) is 2. The first kappa shape index (κ1) is 22.7. The van der Waals surface area contributed by atoms with Crippen molar-refractivity contribution < 1.29 is 19.7 Å². The number of ether oxygens (including phenoxy) is 1. The van der Waals surface area contributed by atoms with Gasteiger partial charge >= 0.3 is 0 Å². The molecular weight excluding hydrogens is 328 g/mol. The molecule has 26 heavy (non-hydrogen) atoms. The molecule has 0 saturated carbocycles. The smallest absolute Gasteiger partial charge is 0.135 e. The Bertz CT molecular complexity index is 513. The summed E-state index contributed by atoms with van der Waals surface area (Å²) in [7, 11) is 1.57. The molecule has 1 atom stereocenters. The van der Waals surface area contributed by atoms with Gasteiger partial charge in [0.1, 0.15) is 11.5 Å². The molecule has 0 saturated heterocycles. The van der Waals surface area contributed by atoms with Crippen molar-refractivity contribution in [2.75, 3.05) is 7.11 Å². The highest BCUT2D eigenvalue weighted by Crippen LogP contribution is 2.21. The molecule has 1 rings (SSSR count). The van der Waals surface area contributed by atoms with Gasteiger partial charge in [0.15, 0.2) is 0 Å². The number of ketones is 1.